The van der Waals surface area contributed by atoms with Gasteiger partial charge >= 0.3 is 5.97 Å². The monoisotopic (exact) mass is 397 g/mol. The van der Waals surface area contributed by atoms with E-state index in [0.717, 1.165) is 11.1 Å². The zero-order valence-electron chi connectivity index (χ0n) is 15.9. The number of ether oxygens (including phenoxy) is 3. The van der Waals surface area contributed by atoms with Crippen molar-refractivity contribution >= 4 is 17.7 Å². The average molecular weight is 397 g/mol. The molecule has 150 valence electrons. The van der Waals surface area contributed by atoms with Gasteiger partial charge in [-0.05, 0) is 29.8 Å². The van der Waals surface area contributed by atoms with E-state index < -0.39 is 5.97 Å². The maximum absolute atomic E-state index is 12.0. The van der Waals surface area contributed by atoms with Crippen LogP contribution in [0.4, 0.5) is 5.82 Å². The highest BCUT2D eigenvalue weighted by atomic mass is 16.5. The molecule has 0 aliphatic carbocycles. The van der Waals surface area contributed by atoms with E-state index in [9.17, 15) is 9.59 Å². The molecule has 1 atom stereocenters. The van der Waals surface area contributed by atoms with Crippen molar-refractivity contribution in [2.24, 2.45) is 0 Å². The summed E-state index contributed by atoms with van der Waals surface area (Å²) < 4.78 is 21.3. The highest BCUT2D eigenvalue weighted by Gasteiger charge is 2.28. The first-order valence-electron chi connectivity index (χ1n) is 8.90. The number of esters is 1. The number of H-pyrrole nitrogens is 1. The molecule has 1 unspecified atom stereocenters. The molecule has 3 heterocycles. The molecule has 1 aromatic carbocycles. The summed E-state index contributed by atoms with van der Waals surface area (Å²) >= 11 is 0. The molecule has 4 rings (SSSR count). The molecule has 0 fully saturated rings. The number of amides is 1. The number of aromatic amines is 1. The van der Waals surface area contributed by atoms with Gasteiger partial charge in [-0.15, -0.1) is 0 Å². The van der Waals surface area contributed by atoms with E-state index in [2.05, 4.69) is 20.3 Å². The van der Waals surface area contributed by atoms with Crippen molar-refractivity contribution in [3.63, 3.8) is 0 Å². The first-order chi connectivity index (χ1) is 14.1. The van der Waals surface area contributed by atoms with Crippen LogP contribution >= 0.6 is 0 Å². The number of methoxy groups -OCH3 is 2. The molecule has 2 N–H and O–H groups in total. The predicted molar refractivity (Wildman–Crippen MR) is 101 cm³/mol. The van der Waals surface area contributed by atoms with Crippen LogP contribution in [0, 0.1) is 0 Å². The van der Waals surface area contributed by atoms with Crippen molar-refractivity contribution in [1.29, 1.82) is 0 Å². The molecule has 3 aromatic rings. The van der Waals surface area contributed by atoms with E-state index in [1.165, 1.54) is 13.2 Å². The van der Waals surface area contributed by atoms with E-state index in [4.69, 9.17) is 13.9 Å². The summed E-state index contributed by atoms with van der Waals surface area (Å²) in [7, 11) is 2.83. The molecule has 2 aromatic heterocycles. The zero-order chi connectivity index (χ0) is 20.4. The van der Waals surface area contributed by atoms with Crippen molar-refractivity contribution in [2.75, 3.05) is 19.5 Å². The second kappa shape index (κ2) is 7.70. The Morgan fingerprint density at radius 1 is 1.24 bits per heavy atom. The molecule has 1 aliphatic rings. The molecule has 1 amide bonds. The third kappa shape index (κ3) is 3.66. The molecule has 9 nitrogen and oxygen atoms in total. The van der Waals surface area contributed by atoms with Crippen LogP contribution in [0.25, 0.3) is 0 Å². The second-order valence-corrected chi connectivity index (χ2v) is 6.46. The van der Waals surface area contributed by atoms with E-state index in [1.807, 2.05) is 12.1 Å². The number of hydrogen-bond acceptors (Lipinski definition) is 7. The van der Waals surface area contributed by atoms with Crippen molar-refractivity contribution in [1.82, 2.24) is 10.2 Å². The van der Waals surface area contributed by atoms with Crippen LogP contribution in [0.2, 0.25) is 0 Å². The molecule has 1 aliphatic heterocycles. The Kier molecular flexibility index (Phi) is 4.94. The fourth-order valence-electron chi connectivity index (χ4n) is 3.28. The van der Waals surface area contributed by atoms with Gasteiger partial charge < -0.3 is 23.9 Å². The number of rotatable bonds is 6. The lowest BCUT2D eigenvalue weighted by molar-refractivity contribution is -0.116. The third-order valence-electron chi connectivity index (χ3n) is 4.71. The Morgan fingerprint density at radius 2 is 2.10 bits per heavy atom. The maximum atomic E-state index is 12.0. The minimum Gasteiger partial charge on any atom is -0.493 e. The van der Waals surface area contributed by atoms with Crippen LogP contribution in [0.1, 0.15) is 39.8 Å². The molecular formula is C20H19N3O6. The van der Waals surface area contributed by atoms with Crippen LogP contribution < -0.4 is 14.8 Å². The quantitative estimate of drug-likeness (QED) is 0.615. The van der Waals surface area contributed by atoms with Gasteiger partial charge in [0.15, 0.2) is 11.5 Å². The number of furan rings is 1. The fourth-order valence-corrected chi connectivity index (χ4v) is 3.28. The Bertz CT molecular complexity index is 1050. The summed E-state index contributed by atoms with van der Waals surface area (Å²) in [5.74, 6) is 1.48. The zero-order valence-corrected chi connectivity index (χ0v) is 15.9. The summed E-state index contributed by atoms with van der Waals surface area (Å²) in [5.41, 5.74) is 1.84. The lowest BCUT2D eigenvalue weighted by Gasteiger charge is -2.23. The highest BCUT2D eigenvalue weighted by molar-refractivity contribution is 5.94. The van der Waals surface area contributed by atoms with Gasteiger partial charge in [-0.1, -0.05) is 6.07 Å². The highest BCUT2D eigenvalue weighted by Crippen LogP contribution is 2.39. The van der Waals surface area contributed by atoms with Crippen molar-refractivity contribution < 1.29 is 28.2 Å². The normalized spacial score (nSPS) is 15.4. The van der Waals surface area contributed by atoms with Crippen molar-refractivity contribution in [2.45, 2.75) is 18.9 Å². The standard InChI is InChI=1S/C20H19N3O6/c1-26-17-7-11(13-8-18(24)22-19-14(13)9-21-23-19)3-5-15(17)28-10-12-4-6-16(29-12)20(25)27-2/h3-7,9,13H,8,10H2,1-2H3,(H2,21,22,23,24). The number of nitrogens with zero attached hydrogens (tertiary/aromatic N) is 1. The van der Waals surface area contributed by atoms with Gasteiger partial charge in [0, 0.05) is 17.9 Å². The Morgan fingerprint density at radius 3 is 2.90 bits per heavy atom. The van der Waals surface area contributed by atoms with E-state index in [1.54, 1.807) is 25.4 Å². The Labute approximate surface area is 165 Å². The molecule has 9 heteroatoms. The summed E-state index contributed by atoms with van der Waals surface area (Å²) in [6.45, 7) is 0.115. The molecule has 29 heavy (non-hydrogen) atoms. The number of hydrogen-bond donors (Lipinski definition) is 2. The second-order valence-electron chi connectivity index (χ2n) is 6.46. The van der Waals surface area contributed by atoms with Crippen LogP contribution in [0.3, 0.4) is 0 Å². The largest absolute Gasteiger partial charge is 0.493 e. The first kappa shape index (κ1) is 18.6. The van der Waals surface area contributed by atoms with Crippen molar-refractivity contribution in [3.8, 4) is 11.5 Å². The third-order valence-corrected chi connectivity index (χ3v) is 4.71. The van der Waals surface area contributed by atoms with Crippen molar-refractivity contribution in [3.05, 3.63) is 59.2 Å². The van der Waals surface area contributed by atoms with Gasteiger partial charge in [0.2, 0.25) is 11.7 Å². The summed E-state index contributed by atoms with van der Waals surface area (Å²) in [6.07, 6.45) is 2.03. The van der Waals surface area contributed by atoms with Crippen LogP contribution in [0.5, 0.6) is 11.5 Å². The number of carbonyl (C=O) groups is 2. The minimum absolute atomic E-state index is 0.0785. The lowest BCUT2D eigenvalue weighted by atomic mass is 9.87. The minimum atomic E-state index is -0.548. The Hall–Kier alpha value is -3.75. The van der Waals surface area contributed by atoms with Gasteiger partial charge in [-0.3, -0.25) is 9.89 Å². The number of carbonyl (C=O) groups excluding carboxylic acids is 2. The van der Waals surface area contributed by atoms with E-state index >= 15 is 0 Å². The molecular weight excluding hydrogens is 378 g/mol. The summed E-state index contributed by atoms with van der Waals surface area (Å²) in [4.78, 5) is 23.5. The number of benzene rings is 1. The molecule has 0 saturated carbocycles. The van der Waals surface area contributed by atoms with Gasteiger partial charge in [-0.25, -0.2) is 4.79 Å². The number of anilines is 1. The van der Waals surface area contributed by atoms with Gasteiger partial charge in [-0.2, -0.15) is 5.10 Å². The van der Waals surface area contributed by atoms with Crippen LogP contribution in [-0.4, -0.2) is 36.3 Å². The van der Waals surface area contributed by atoms with E-state index in [-0.39, 0.29) is 24.2 Å². The molecule has 0 saturated heterocycles. The lowest BCUT2D eigenvalue weighted by Crippen LogP contribution is -2.23. The SMILES string of the molecule is COC(=O)c1ccc(COc2ccc(C3CC(=O)Nc4[nH]ncc43)cc2OC)o1. The smallest absolute Gasteiger partial charge is 0.373 e. The molecule has 0 radical (unpaired) electrons. The number of fused-ring (bicyclic) bond motifs is 1. The van der Waals surface area contributed by atoms with E-state index in [0.29, 0.717) is 29.5 Å². The molecule has 0 bridgehead atoms. The van der Waals surface area contributed by atoms with Gasteiger partial charge in [0.1, 0.15) is 18.2 Å². The number of aromatic nitrogens is 2. The van der Waals surface area contributed by atoms with Gasteiger partial charge in [0.25, 0.3) is 0 Å². The Balaban J connectivity index is 1.53. The van der Waals surface area contributed by atoms with Crippen LogP contribution in [-0.2, 0) is 16.1 Å². The topological polar surface area (TPSA) is 116 Å². The molecule has 0 spiro atoms. The fraction of sp³-hybridized carbons (Fsp3) is 0.250. The summed E-state index contributed by atoms with van der Waals surface area (Å²) in [6, 6.07) is 8.69. The van der Waals surface area contributed by atoms with Gasteiger partial charge in [0.05, 0.1) is 20.4 Å². The average Bonchev–Trinajstić information content (AvgIpc) is 3.40. The maximum Gasteiger partial charge on any atom is 0.373 e. The van der Waals surface area contributed by atoms with Crippen LogP contribution in [0.15, 0.2) is 40.9 Å². The summed E-state index contributed by atoms with van der Waals surface area (Å²) in [5, 5.41) is 9.59. The number of nitrogens with one attached hydrogen (secondary N) is 2. The first-order valence-corrected chi connectivity index (χ1v) is 8.90. The predicted octanol–water partition coefficient (Wildman–Crippen LogP) is 2.85.